The average molecular weight is 301 g/mol. The van der Waals surface area contributed by atoms with E-state index in [1.165, 1.54) is 19.2 Å². The van der Waals surface area contributed by atoms with E-state index in [1.807, 2.05) is 0 Å². The molecular weight excluding hydrogens is 286 g/mol. The Bertz CT molecular complexity index is 551. The van der Waals surface area contributed by atoms with Gasteiger partial charge in [-0.25, -0.2) is 13.1 Å². The van der Waals surface area contributed by atoms with Gasteiger partial charge in [-0.1, -0.05) is 0 Å². The van der Waals surface area contributed by atoms with Gasteiger partial charge in [0.2, 0.25) is 15.9 Å². The first-order chi connectivity index (χ1) is 9.03. The molecule has 0 spiro atoms. The Labute approximate surface area is 116 Å². The summed E-state index contributed by atoms with van der Waals surface area (Å²) in [4.78, 5) is 12.0. The summed E-state index contributed by atoms with van der Waals surface area (Å²) in [5, 5.41) is 5.82. The molecule has 1 unspecified atom stereocenters. The number of hydrogen-bond acceptors (Lipinski definition) is 5. The van der Waals surface area contributed by atoms with Gasteiger partial charge in [0.25, 0.3) is 0 Å². The number of rotatable bonds is 4. The number of sulfonamides is 1. The molecule has 0 radical (unpaired) electrons. The molecule has 1 aliphatic rings. The van der Waals surface area contributed by atoms with Gasteiger partial charge in [0.1, 0.15) is 0 Å². The van der Waals surface area contributed by atoms with Crippen molar-refractivity contribution in [1.29, 1.82) is 0 Å². The zero-order valence-corrected chi connectivity index (χ0v) is 12.0. The van der Waals surface area contributed by atoms with Gasteiger partial charge in [-0.3, -0.25) is 10.1 Å². The molecule has 0 saturated carbocycles. The molecule has 0 aromatic heterocycles. The summed E-state index contributed by atoms with van der Waals surface area (Å²) in [6.07, 6.45) is 0. The lowest BCUT2D eigenvalue weighted by Crippen LogP contribution is -2.37. The minimum absolute atomic E-state index is 0.103. The van der Waals surface area contributed by atoms with Crippen LogP contribution in [0.2, 0.25) is 0 Å². The molecule has 8 heteroatoms. The summed E-state index contributed by atoms with van der Waals surface area (Å²) in [7, 11) is -2.08. The second-order valence-corrected chi connectivity index (χ2v) is 6.91. The topological polar surface area (TPSA) is 87.3 Å². The van der Waals surface area contributed by atoms with Crippen LogP contribution in [-0.4, -0.2) is 39.0 Å². The first kappa shape index (κ1) is 14.3. The summed E-state index contributed by atoms with van der Waals surface area (Å²) < 4.78 is 25.3. The van der Waals surface area contributed by atoms with Gasteiger partial charge >= 0.3 is 0 Å². The predicted molar refractivity (Wildman–Crippen MR) is 75.6 cm³/mol. The Balaban J connectivity index is 2.04. The summed E-state index contributed by atoms with van der Waals surface area (Å²) in [6, 6.07) is 5.87. The number of carbonyl (C=O) groups excluding carboxylic acids is 1. The van der Waals surface area contributed by atoms with E-state index in [-0.39, 0.29) is 16.8 Å². The lowest BCUT2D eigenvalue weighted by Gasteiger charge is -2.11. The van der Waals surface area contributed by atoms with E-state index >= 15 is 0 Å². The van der Waals surface area contributed by atoms with Crippen LogP contribution in [0.25, 0.3) is 0 Å². The van der Waals surface area contributed by atoms with Gasteiger partial charge in [-0.2, -0.15) is 0 Å². The largest absolute Gasteiger partial charge is 0.325 e. The van der Waals surface area contributed by atoms with Crippen molar-refractivity contribution in [3.05, 3.63) is 24.3 Å². The molecule has 1 heterocycles. The van der Waals surface area contributed by atoms with Gasteiger partial charge in [0.15, 0.2) is 0 Å². The minimum Gasteiger partial charge on any atom is -0.325 e. The number of benzene rings is 1. The van der Waals surface area contributed by atoms with Crippen LogP contribution in [0.15, 0.2) is 29.2 Å². The van der Waals surface area contributed by atoms with Gasteiger partial charge in [0.05, 0.1) is 10.9 Å². The van der Waals surface area contributed by atoms with Crippen LogP contribution in [0.4, 0.5) is 5.69 Å². The number of hydrogen-bond donors (Lipinski definition) is 3. The highest BCUT2D eigenvalue weighted by Gasteiger charge is 2.22. The zero-order chi connectivity index (χ0) is 13.9. The van der Waals surface area contributed by atoms with E-state index in [2.05, 4.69) is 15.4 Å². The number of thioether (sulfide) groups is 1. The standard InChI is InChI=1S/C11H15N3O3S2/c1-12-19(16,17)9-4-2-8(3-5-9)14-11(15)10-6-18-7-13-10/h2-5,10,12-13H,6-7H2,1H3,(H,14,15). The van der Waals surface area contributed by atoms with Crippen molar-refractivity contribution < 1.29 is 13.2 Å². The molecule has 1 aromatic rings. The van der Waals surface area contributed by atoms with Crippen LogP contribution in [-0.2, 0) is 14.8 Å². The SMILES string of the molecule is CNS(=O)(=O)c1ccc(NC(=O)C2CSCN2)cc1. The smallest absolute Gasteiger partial charge is 0.242 e. The molecule has 3 N–H and O–H groups in total. The Kier molecular flexibility index (Phi) is 4.46. The van der Waals surface area contributed by atoms with Crippen LogP contribution in [0, 0.1) is 0 Å². The van der Waals surface area contributed by atoms with Crippen LogP contribution in [0.1, 0.15) is 0 Å². The van der Waals surface area contributed by atoms with E-state index in [9.17, 15) is 13.2 Å². The summed E-state index contributed by atoms with van der Waals surface area (Å²) in [6.45, 7) is 0. The Morgan fingerprint density at radius 2 is 2.05 bits per heavy atom. The monoisotopic (exact) mass is 301 g/mol. The zero-order valence-electron chi connectivity index (χ0n) is 10.3. The molecule has 0 aliphatic carbocycles. The van der Waals surface area contributed by atoms with Crippen molar-refractivity contribution in [3.8, 4) is 0 Å². The second kappa shape index (κ2) is 5.91. The third kappa shape index (κ3) is 3.47. The first-order valence-corrected chi connectivity index (χ1v) is 8.32. The summed E-state index contributed by atoms with van der Waals surface area (Å²) in [5.74, 6) is 1.42. The fourth-order valence-electron chi connectivity index (χ4n) is 1.63. The third-order valence-corrected chi connectivity index (χ3v) is 5.10. The molecule has 2 rings (SSSR count). The van der Waals surface area contributed by atoms with Crippen LogP contribution in [0.5, 0.6) is 0 Å². The summed E-state index contributed by atoms with van der Waals surface area (Å²) in [5.41, 5.74) is 0.582. The maximum Gasteiger partial charge on any atom is 0.242 e. The molecule has 1 amide bonds. The number of amides is 1. The fourth-order valence-corrected chi connectivity index (χ4v) is 3.30. The van der Waals surface area contributed by atoms with E-state index in [1.54, 1.807) is 23.9 Å². The molecule has 19 heavy (non-hydrogen) atoms. The molecule has 1 aromatic carbocycles. The third-order valence-electron chi connectivity index (χ3n) is 2.73. The van der Waals surface area contributed by atoms with E-state index in [4.69, 9.17) is 0 Å². The maximum atomic E-state index is 11.8. The van der Waals surface area contributed by atoms with Crippen LogP contribution >= 0.6 is 11.8 Å². The highest BCUT2D eigenvalue weighted by Crippen LogP contribution is 2.15. The van der Waals surface area contributed by atoms with Gasteiger partial charge < -0.3 is 5.32 Å². The number of nitrogens with one attached hydrogen (secondary N) is 3. The first-order valence-electron chi connectivity index (χ1n) is 5.68. The number of carbonyl (C=O) groups is 1. The average Bonchev–Trinajstić information content (AvgIpc) is 2.93. The highest BCUT2D eigenvalue weighted by molar-refractivity contribution is 7.99. The molecule has 6 nitrogen and oxygen atoms in total. The molecular formula is C11H15N3O3S2. The van der Waals surface area contributed by atoms with Crippen molar-refractivity contribution in [3.63, 3.8) is 0 Å². The van der Waals surface area contributed by atoms with Crippen LogP contribution in [0.3, 0.4) is 0 Å². The van der Waals surface area contributed by atoms with Crippen molar-refractivity contribution in [1.82, 2.24) is 10.0 Å². The Morgan fingerprint density at radius 1 is 1.37 bits per heavy atom. The van der Waals surface area contributed by atoms with Crippen molar-refractivity contribution in [2.75, 3.05) is 24.0 Å². The molecule has 104 valence electrons. The molecule has 1 saturated heterocycles. The quantitative estimate of drug-likeness (QED) is 0.739. The van der Waals surface area contributed by atoms with E-state index < -0.39 is 10.0 Å². The van der Waals surface area contributed by atoms with Crippen molar-refractivity contribution in [2.45, 2.75) is 10.9 Å². The van der Waals surface area contributed by atoms with Gasteiger partial charge in [0, 0.05) is 17.3 Å². The normalized spacial score (nSPS) is 19.3. The molecule has 1 atom stereocenters. The Hall–Kier alpha value is -1.09. The van der Waals surface area contributed by atoms with Gasteiger partial charge in [-0.05, 0) is 31.3 Å². The van der Waals surface area contributed by atoms with Crippen LogP contribution < -0.4 is 15.4 Å². The van der Waals surface area contributed by atoms with Crippen molar-refractivity contribution >= 4 is 33.4 Å². The second-order valence-electron chi connectivity index (χ2n) is 3.99. The maximum absolute atomic E-state index is 11.8. The minimum atomic E-state index is -3.44. The predicted octanol–water partition coefficient (Wildman–Crippen LogP) is 0.196. The van der Waals surface area contributed by atoms with Crippen molar-refractivity contribution in [2.24, 2.45) is 0 Å². The lowest BCUT2D eigenvalue weighted by molar-refractivity contribution is -0.117. The van der Waals surface area contributed by atoms with E-state index in [0.717, 1.165) is 11.6 Å². The fraction of sp³-hybridized carbons (Fsp3) is 0.364. The highest BCUT2D eigenvalue weighted by atomic mass is 32.2. The molecule has 1 fully saturated rings. The Morgan fingerprint density at radius 3 is 2.58 bits per heavy atom. The molecule has 1 aliphatic heterocycles. The lowest BCUT2D eigenvalue weighted by atomic mass is 10.2. The van der Waals surface area contributed by atoms with E-state index in [0.29, 0.717) is 5.69 Å². The summed E-state index contributed by atoms with van der Waals surface area (Å²) >= 11 is 1.67. The molecule has 0 bridgehead atoms. The number of anilines is 1. The van der Waals surface area contributed by atoms with Gasteiger partial charge in [-0.15, -0.1) is 11.8 Å².